The van der Waals surface area contributed by atoms with E-state index in [-0.39, 0.29) is 19.1 Å². The third-order valence-electron chi connectivity index (χ3n) is 4.30. The molecule has 0 saturated heterocycles. The number of hydrogen-bond donors (Lipinski definition) is 1. The van der Waals surface area contributed by atoms with Crippen molar-refractivity contribution in [3.05, 3.63) is 53.1 Å². The molecule has 0 aliphatic heterocycles. The Morgan fingerprint density at radius 2 is 1.60 bits per heavy atom. The number of nitrogens with zero attached hydrogens (tertiary/aromatic N) is 1. The third-order valence-corrected chi connectivity index (χ3v) is 4.30. The number of carbonyl (C=O) groups excluding carboxylic acids is 1. The third kappa shape index (κ3) is 5.95. The summed E-state index contributed by atoms with van der Waals surface area (Å²) in [5.41, 5.74) is 0.602. The Bertz CT molecular complexity index is 829. The Balaban J connectivity index is 2.01. The highest BCUT2D eigenvalue weighted by Crippen LogP contribution is 2.38. The fourth-order valence-electron chi connectivity index (χ4n) is 2.78. The minimum atomic E-state index is -4.39. The Morgan fingerprint density at radius 1 is 1.03 bits per heavy atom. The maximum atomic E-state index is 12.6. The molecule has 0 spiro atoms. The van der Waals surface area contributed by atoms with E-state index in [4.69, 9.17) is 14.2 Å². The number of nitrogens with one attached hydrogen (secondary N) is 1. The van der Waals surface area contributed by atoms with E-state index in [1.165, 1.54) is 31.3 Å². The van der Waals surface area contributed by atoms with Gasteiger partial charge >= 0.3 is 12.2 Å². The zero-order valence-corrected chi connectivity index (χ0v) is 17.3. The molecule has 2 aromatic rings. The first-order chi connectivity index (χ1) is 14.2. The fourth-order valence-corrected chi connectivity index (χ4v) is 2.78. The molecule has 0 heterocycles. The highest BCUT2D eigenvalue weighted by Gasteiger charge is 2.30. The fraction of sp³-hybridized carbons (Fsp3) is 0.381. The van der Waals surface area contributed by atoms with Crippen LogP contribution in [0.5, 0.6) is 17.2 Å². The number of halogens is 3. The van der Waals surface area contributed by atoms with Gasteiger partial charge in [0.25, 0.3) is 0 Å². The van der Waals surface area contributed by atoms with Crippen molar-refractivity contribution < 1.29 is 32.2 Å². The van der Waals surface area contributed by atoms with Gasteiger partial charge in [0.1, 0.15) is 0 Å². The topological polar surface area (TPSA) is 60.0 Å². The van der Waals surface area contributed by atoms with Gasteiger partial charge in [-0.1, -0.05) is 12.1 Å². The highest BCUT2D eigenvalue weighted by atomic mass is 19.4. The Hall–Kier alpha value is -3.10. The molecule has 9 heteroatoms. The second-order valence-corrected chi connectivity index (χ2v) is 6.47. The van der Waals surface area contributed by atoms with Crippen LogP contribution in [-0.2, 0) is 19.3 Å². The summed E-state index contributed by atoms with van der Waals surface area (Å²) in [7, 11) is 4.58. The van der Waals surface area contributed by atoms with Gasteiger partial charge in [-0.25, -0.2) is 4.79 Å². The van der Waals surface area contributed by atoms with E-state index in [2.05, 4.69) is 5.32 Å². The van der Waals surface area contributed by atoms with Crippen molar-refractivity contribution >= 4 is 6.03 Å². The minimum Gasteiger partial charge on any atom is -0.493 e. The number of alkyl halides is 3. The smallest absolute Gasteiger partial charge is 0.416 e. The van der Waals surface area contributed by atoms with E-state index in [1.807, 2.05) is 6.92 Å². The second kappa shape index (κ2) is 10.1. The van der Waals surface area contributed by atoms with Crippen LogP contribution < -0.4 is 19.5 Å². The van der Waals surface area contributed by atoms with E-state index in [1.54, 1.807) is 19.2 Å². The average molecular weight is 426 g/mol. The van der Waals surface area contributed by atoms with Gasteiger partial charge < -0.3 is 24.4 Å². The van der Waals surface area contributed by atoms with Crippen LogP contribution in [0.3, 0.4) is 0 Å². The molecule has 2 aromatic carbocycles. The summed E-state index contributed by atoms with van der Waals surface area (Å²) in [6, 6.07) is 7.82. The monoisotopic (exact) mass is 426 g/mol. The molecule has 0 fully saturated rings. The number of urea groups is 1. The van der Waals surface area contributed by atoms with Crippen molar-refractivity contribution in [1.82, 2.24) is 10.2 Å². The predicted octanol–water partition coefficient (Wildman–Crippen LogP) is 4.46. The first-order valence-electron chi connectivity index (χ1n) is 9.22. The normalized spacial score (nSPS) is 11.0. The molecule has 30 heavy (non-hydrogen) atoms. The molecule has 1 N–H and O–H groups in total. The molecule has 0 unspecified atom stereocenters. The first kappa shape index (κ1) is 23.2. The number of rotatable bonds is 8. The summed E-state index contributed by atoms with van der Waals surface area (Å²) in [5.74, 6) is 1.45. The van der Waals surface area contributed by atoms with Gasteiger partial charge in [0, 0.05) is 20.1 Å². The second-order valence-electron chi connectivity index (χ2n) is 6.47. The van der Waals surface area contributed by atoms with E-state index in [9.17, 15) is 18.0 Å². The Morgan fingerprint density at radius 3 is 2.07 bits per heavy atom. The van der Waals surface area contributed by atoms with Crippen LogP contribution in [0.15, 0.2) is 36.4 Å². The minimum absolute atomic E-state index is 0.167. The van der Waals surface area contributed by atoms with Crippen LogP contribution in [-0.4, -0.2) is 38.8 Å². The van der Waals surface area contributed by atoms with Crippen LogP contribution in [0.25, 0.3) is 0 Å². The van der Waals surface area contributed by atoms with Crippen LogP contribution in [0.1, 0.15) is 23.6 Å². The summed E-state index contributed by atoms with van der Waals surface area (Å²) in [5, 5.41) is 2.76. The molecule has 0 aromatic heterocycles. The maximum absolute atomic E-state index is 12.6. The number of hydrogen-bond acceptors (Lipinski definition) is 4. The van der Waals surface area contributed by atoms with Crippen molar-refractivity contribution in [3.63, 3.8) is 0 Å². The lowest BCUT2D eigenvalue weighted by atomic mass is 10.1. The summed E-state index contributed by atoms with van der Waals surface area (Å²) in [6.07, 6.45) is -4.39. The van der Waals surface area contributed by atoms with E-state index < -0.39 is 11.7 Å². The molecular formula is C21H25F3N2O4. The van der Waals surface area contributed by atoms with Crippen molar-refractivity contribution in [2.24, 2.45) is 0 Å². The van der Waals surface area contributed by atoms with E-state index in [0.29, 0.717) is 29.4 Å². The van der Waals surface area contributed by atoms with Gasteiger partial charge in [0.05, 0.1) is 26.4 Å². The average Bonchev–Trinajstić information content (AvgIpc) is 2.72. The molecule has 0 aliphatic rings. The van der Waals surface area contributed by atoms with Crippen LogP contribution >= 0.6 is 0 Å². The summed E-state index contributed by atoms with van der Waals surface area (Å²) in [4.78, 5) is 13.8. The van der Waals surface area contributed by atoms with Gasteiger partial charge in [-0.05, 0) is 42.3 Å². The molecule has 164 valence electrons. The van der Waals surface area contributed by atoms with E-state index >= 15 is 0 Å². The lowest BCUT2D eigenvalue weighted by Crippen LogP contribution is -2.36. The first-order valence-corrected chi connectivity index (χ1v) is 9.22. The Kier molecular flexibility index (Phi) is 7.79. The van der Waals surface area contributed by atoms with Crippen LogP contribution in [0, 0.1) is 0 Å². The van der Waals surface area contributed by atoms with Gasteiger partial charge in [0.15, 0.2) is 11.5 Å². The molecule has 2 amide bonds. The van der Waals surface area contributed by atoms with E-state index in [0.717, 1.165) is 17.7 Å². The SMILES string of the molecule is CCOc1c(OC)cc(CNC(=O)N(C)Cc2ccc(C(F)(F)F)cc2)cc1OC. The van der Waals surface area contributed by atoms with Crippen molar-refractivity contribution in [1.29, 1.82) is 0 Å². The molecule has 2 rings (SSSR count). The van der Waals surface area contributed by atoms with Crippen molar-refractivity contribution in [2.75, 3.05) is 27.9 Å². The molecule has 0 atom stereocenters. The molecule has 0 bridgehead atoms. The Labute approximate surface area is 173 Å². The quantitative estimate of drug-likeness (QED) is 0.677. The van der Waals surface area contributed by atoms with Gasteiger partial charge in [0.2, 0.25) is 5.75 Å². The lowest BCUT2D eigenvalue weighted by Gasteiger charge is -2.19. The molecule has 0 aliphatic carbocycles. The number of benzene rings is 2. The zero-order valence-electron chi connectivity index (χ0n) is 17.3. The largest absolute Gasteiger partial charge is 0.493 e. The maximum Gasteiger partial charge on any atom is 0.416 e. The molecule has 6 nitrogen and oxygen atoms in total. The van der Waals surface area contributed by atoms with Crippen LogP contribution in [0.4, 0.5) is 18.0 Å². The van der Waals surface area contributed by atoms with Crippen molar-refractivity contribution in [2.45, 2.75) is 26.2 Å². The molecule has 0 saturated carbocycles. The lowest BCUT2D eigenvalue weighted by molar-refractivity contribution is -0.137. The zero-order chi connectivity index (χ0) is 22.3. The standard InChI is InChI=1S/C21H25F3N2O4/c1-5-30-19-17(28-3)10-15(11-18(19)29-4)12-25-20(27)26(2)13-14-6-8-16(9-7-14)21(22,23)24/h6-11H,5,12-13H2,1-4H3,(H,25,27). The summed E-state index contributed by atoms with van der Waals surface area (Å²) >= 11 is 0. The van der Waals surface area contributed by atoms with Gasteiger partial charge in [-0.3, -0.25) is 0 Å². The number of carbonyl (C=O) groups is 1. The summed E-state index contributed by atoms with van der Waals surface area (Å²) in [6.45, 7) is 2.66. The van der Waals surface area contributed by atoms with Gasteiger partial charge in [-0.15, -0.1) is 0 Å². The number of methoxy groups -OCH3 is 2. The highest BCUT2D eigenvalue weighted by molar-refractivity contribution is 5.74. The van der Waals surface area contributed by atoms with Crippen molar-refractivity contribution in [3.8, 4) is 17.2 Å². The summed E-state index contributed by atoms with van der Waals surface area (Å²) < 4.78 is 54.2. The van der Waals surface area contributed by atoms with Gasteiger partial charge in [-0.2, -0.15) is 13.2 Å². The molecular weight excluding hydrogens is 401 g/mol. The number of amides is 2. The predicted molar refractivity (Wildman–Crippen MR) is 106 cm³/mol. The molecule has 0 radical (unpaired) electrons. The van der Waals surface area contributed by atoms with Crippen LogP contribution in [0.2, 0.25) is 0 Å². The number of ether oxygens (including phenoxy) is 3.